The molecule has 0 N–H and O–H groups in total. The molecule has 0 aromatic heterocycles. The first-order valence-electron chi connectivity index (χ1n) is 9.63. The van der Waals surface area contributed by atoms with E-state index < -0.39 is 0 Å². The highest BCUT2D eigenvalue weighted by Gasteiger charge is 2.59. The number of rotatable bonds is 3. The lowest BCUT2D eigenvalue weighted by Crippen LogP contribution is -2.45. The zero-order chi connectivity index (χ0) is 17.7. The van der Waals surface area contributed by atoms with Crippen LogP contribution in [-0.2, 0) is 6.54 Å². The van der Waals surface area contributed by atoms with E-state index in [1.54, 1.807) is 12.1 Å². The Morgan fingerprint density at radius 2 is 1.85 bits per heavy atom. The zero-order valence-electron chi connectivity index (χ0n) is 14.9. The summed E-state index contributed by atoms with van der Waals surface area (Å²) >= 11 is 6.09. The van der Waals surface area contributed by atoms with Gasteiger partial charge in [0.2, 0.25) is 0 Å². The van der Waals surface area contributed by atoms with Crippen molar-refractivity contribution < 1.29 is 4.39 Å². The van der Waals surface area contributed by atoms with Crippen molar-refractivity contribution in [3.05, 3.63) is 70.5 Å². The van der Waals surface area contributed by atoms with Crippen molar-refractivity contribution in [1.82, 2.24) is 9.80 Å². The van der Waals surface area contributed by atoms with Crippen molar-refractivity contribution in [2.75, 3.05) is 19.6 Å². The van der Waals surface area contributed by atoms with Gasteiger partial charge in [-0.05, 0) is 67.1 Å². The summed E-state index contributed by atoms with van der Waals surface area (Å²) in [5.41, 5.74) is 2.96. The average Bonchev–Trinajstić information content (AvgIpc) is 3.26. The molecule has 3 aliphatic rings. The molecular formula is C22H24ClFN2. The van der Waals surface area contributed by atoms with Crippen LogP contribution in [0.4, 0.5) is 4.39 Å². The van der Waals surface area contributed by atoms with Crippen LogP contribution < -0.4 is 0 Å². The second kappa shape index (κ2) is 6.33. The Hall–Kier alpha value is -1.42. The van der Waals surface area contributed by atoms with E-state index in [1.165, 1.54) is 36.9 Å². The topological polar surface area (TPSA) is 6.48 Å². The van der Waals surface area contributed by atoms with Gasteiger partial charge in [0, 0.05) is 36.2 Å². The average molecular weight is 371 g/mol. The third-order valence-electron chi connectivity index (χ3n) is 6.77. The van der Waals surface area contributed by atoms with Gasteiger partial charge < -0.3 is 0 Å². The zero-order valence-corrected chi connectivity index (χ0v) is 15.6. The monoisotopic (exact) mass is 370 g/mol. The van der Waals surface area contributed by atoms with Gasteiger partial charge in [0.1, 0.15) is 5.82 Å². The molecule has 2 nitrogen and oxygen atoms in total. The molecule has 4 heteroatoms. The third-order valence-corrected chi connectivity index (χ3v) is 7.03. The molecule has 3 saturated heterocycles. The quantitative estimate of drug-likeness (QED) is 0.758. The van der Waals surface area contributed by atoms with Crippen LogP contribution in [0.5, 0.6) is 0 Å². The van der Waals surface area contributed by atoms with Gasteiger partial charge in [-0.3, -0.25) is 9.80 Å². The Balaban J connectivity index is 1.35. The molecule has 2 aromatic carbocycles. The highest BCUT2D eigenvalue weighted by molar-refractivity contribution is 6.30. The van der Waals surface area contributed by atoms with Crippen molar-refractivity contribution in [2.24, 2.45) is 5.92 Å². The van der Waals surface area contributed by atoms with Gasteiger partial charge in [0.05, 0.1) is 0 Å². The number of halogens is 2. The van der Waals surface area contributed by atoms with Crippen LogP contribution in [0.25, 0.3) is 0 Å². The molecule has 2 aromatic rings. The Morgan fingerprint density at radius 3 is 2.62 bits per heavy atom. The molecule has 3 fully saturated rings. The Kier molecular flexibility index (Phi) is 4.07. The molecule has 0 radical (unpaired) electrons. The van der Waals surface area contributed by atoms with Crippen molar-refractivity contribution in [3.63, 3.8) is 0 Å². The molecule has 3 aliphatic heterocycles. The maximum Gasteiger partial charge on any atom is 0.123 e. The minimum Gasteiger partial charge on any atom is -0.297 e. The van der Waals surface area contributed by atoms with Crippen LogP contribution in [0.2, 0.25) is 5.02 Å². The maximum absolute atomic E-state index is 13.2. The van der Waals surface area contributed by atoms with Gasteiger partial charge >= 0.3 is 0 Å². The number of nitrogens with zero attached hydrogens (tertiary/aromatic N) is 2. The smallest absolute Gasteiger partial charge is 0.123 e. The summed E-state index contributed by atoms with van der Waals surface area (Å²) in [6.07, 6.45) is 3.84. The predicted molar refractivity (Wildman–Crippen MR) is 103 cm³/mol. The normalized spacial score (nSPS) is 31.3. The lowest BCUT2D eigenvalue weighted by Gasteiger charge is -2.35. The van der Waals surface area contributed by atoms with Crippen molar-refractivity contribution in [3.8, 4) is 0 Å². The molecule has 0 bridgehead atoms. The van der Waals surface area contributed by atoms with Gasteiger partial charge in [-0.25, -0.2) is 4.39 Å². The predicted octanol–water partition coefficient (Wildman–Crippen LogP) is 4.89. The summed E-state index contributed by atoms with van der Waals surface area (Å²) in [5.74, 6) is 0.574. The first-order valence-corrected chi connectivity index (χ1v) is 10.0. The Morgan fingerprint density at radius 1 is 1.08 bits per heavy atom. The Bertz CT molecular complexity index is 791. The number of hydrogen-bond donors (Lipinski definition) is 0. The van der Waals surface area contributed by atoms with Crippen molar-refractivity contribution in [2.45, 2.75) is 37.4 Å². The van der Waals surface area contributed by atoms with E-state index in [1.807, 2.05) is 24.3 Å². The third kappa shape index (κ3) is 2.69. The van der Waals surface area contributed by atoms with E-state index in [-0.39, 0.29) is 5.82 Å². The summed E-state index contributed by atoms with van der Waals surface area (Å²) in [5, 5.41) is 0.813. The summed E-state index contributed by atoms with van der Waals surface area (Å²) in [6, 6.07) is 16.0. The second-order valence-electron chi connectivity index (χ2n) is 8.20. The molecule has 3 heterocycles. The fourth-order valence-corrected chi connectivity index (χ4v) is 5.85. The first kappa shape index (κ1) is 16.7. The van der Waals surface area contributed by atoms with E-state index in [9.17, 15) is 4.39 Å². The van der Waals surface area contributed by atoms with Gasteiger partial charge in [0.15, 0.2) is 0 Å². The lowest BCUT2D eigenvalue weighted by molar-refractivity contribution is 0.131. The lowest BCUT2D eigenvalue weighted by atomic mass is 9.86. The molecule has 1 spiro atoms. The summed E-state index contributed by atoms with van der Waals surface area (Å²) in [7, 11) is 0. The van der Waals surface area contributed by atoms with Crippen LogP contribution >= 0.6 is 11.6 Å². The summed E-state index contributed by atoms with van der Waals surface area (Å²) in [6.45, 7) is 4.42. The van der Waals surface area contributed by atoms with Crippen LogP contribution in [-0.4, -0.2) is 35.0 Å². The fraction of sp³-hybridized carbons (Fsp3) is 0.455. The molecule has 0 saturated carbocycles. The molecule has 5 rings (SSSR count). The molecule has 3 atom stereocenters. The van der Waals surface area contributed by atoms with E-state index in [0.29, 0.717) is 11.6 Å². The molecule has 0 amide bonds. The van der Waals surface area contributed by atoms with E-state index in [4.69, 9.17) is 11.6 Å². The SMILES string of the molecule is Fc1ccc(CN2C[C@@H]3C[C@@H](c4ccc(Cl)cc4)N4CCC[C@@]34C2)cc1. The second-order valence-corrected chi connectivity index (χ2v) is 8.63. The van der Waals surface area contributed by atoms with Crippen LogP contribution in [0.3, 0.4) is 0 Å². The molecule has 0 unspecified atom stereocenters. The van der Waals surface area contributed by atoms with E-state index in [0.717, 1.165) is 30.6 Å². The largest absolute Gasteiger partial charge is 0.297 e. The maximum atomic E-state index is 13.2. The van der Waals surface area contributed by atoms with Crippen LogP contribution in [0, 0.1) is 11.7 Å². The van der Waals surface area contributed by atoms with Crippen molar-refractivity contribution >= 4 is 11.6 Å². The fourth-order valence-electron chi connectivity index (χ4n) is 5.72. The number of hydrogen-bond acceptors (Lipinski definition) is 2. The Labute approximate surface area is 159 Å². The minimum absolute atomic E-state index is 0.154. The van der Waals surface area contributed by atoms with E-state index >= 15 is 0 Å². The van der Waals surface area contributed by atoms with Crippen molar-refractivity contribution in [1.29, 1.82) is 0 Å². The number of benzene rings is 2. The summed E-state index contributed by atoms with van der Waals surface area (Å²) in [4.78, 5) is 5.36. The molecule has 0 aliphatic carbocycles. The van der Waals surface area contributed by atoms with Crippen LogP contribution in [0.1, 0.15) is 36.4 Å². The number of likely N-dealkylation sites (tertiary alicyclic amines) is 1. The highest BCUT2D eigenvalue weighted by atomic mass is 35.5. The molecular weight excluding hydrogens is 347 g/mol. The van der Waals surface area contributed by atoms with E-state index in [2.05, 4.69) is 21.9 Å². The highest BCUT2D eigenvalue weighted by Crippen LogP contribution is 2.55. The van der Waals surface area contributed by atoms with Gasteiger partial charge in [-0.1, -0.05) is 35.9 Å². The minimum atomic E-state index is -0.154. The van der Waals surface area contributed by atoms with Gasteiger partial charge in [-0.15, -0.1) is 0 Å². The summed E-state index contributed by atoms with van der Waals surface area (Å²) < 4.78 is 13.2. The first-order chi connectivity index (χ1) is 12.6. The molecule has 26 heavy (non-hydrogen) atoms. The molecule has 136 valence electrons. The van der Waals surface area contributed by atoms with Gasteiger partial charge in [-0.2, -0.15) is 0 Å². The standard InChI is InChI=1S/C22H24ClFN2/c23-19-6-4-17(5-7-19)21-12-18-14-25(13-16-2-8-20(24)9-3-16)15-22(18)10-1-11-26(21)22/h2-9,18,21H,1,10-15H2/t18-,21-,22+/m0/s1. The van der Waals surface area contributed by atoms with Gasteiger partial charge in [0.25, 0.3) is 0 Å². The van der Waals surface area contributed by atoms with Crippen LogP contribution in [0.15, 0.2) is 48.5 Å².